The van der Waals surface area contributed by atoms with Gasteiger partial charge in [0, 0.05) is 0 Å². The van der Waals surface area contributed by atoms with Gasteiger partial charge in [0.25, 0.3) is 0 Å². The summed E-state index contributed by atoms with van der Waals surface area (Å²) in [5.74, 6) is 0.371. The Morgan fingerprint density at radius 2 is 1.81 bits per heavy atom. The molecule has 0 bridgehead atoms. The Balaban J connectivity index is 2.10. The fraction of sp³-hybridized carbons (Fsp3) is 0.250. The van der Waals surface area contributed by atoms with E-state index in [9.17, 15) is 13.2 Å². The van der Waals surface area contributed by atoms with E-state index in [0.717, 1.165) is 11.1 Å². The number of rotatable bonds is 4. The zero-order valence-electron chi connectivity index (χ0n) is 11.5. The number of halogens is 3. The first-order valence-electron chi connectivity index (χ1n) is 6.47. The van der Waals surface area contributed by atoms with E-state index in [1.807, 2.05) is 31.2 Å². The second-order valence-electron chi connectivity index (χ2n) is 4.81. The van der Waals surface area contributed by atoms with Gasteiger partial charge in [0.05, 0.1) is 0 Å². The van der Waals surface area contributed by atoms with Crippen LogP contribution in [0.15, 0.2) is 48.5 Å². The smallest absolute Gasteiger partial charge is 0.407 e. The zero-order chi connectivity index (χ0) is 15.5. The lowest BCUT2D eigenvalue weighted by molar-refractivity contribution is -0.149. The van der Waals surface area contributed by atoms with Gasteiger partial charge in [-0.15, -0.1) is 0 Å². The summed E-state index contributed by atoms with van der Waals surface area (Å²) in [6, 6.07) is 11.5. The molecule has 0 aliphatic carbocycles. The molecule has 21 heavy (non-hydrogen) atoms. The van der Waals surface area contributed by atoms with E-state index >= 15 is 0 Å². The highest BCUT2D eigenvalue weighted by Crippen LogP contribution is 2.31. The van der Waals surface area contributed by atoms with Crippen LogP contribution >= 0.6 is 0 Å². The molecule has 0 saturated heterocycles. The summed E-state index contributed by atoms with van der Waals surface area (Å²) in [5, 5.41) is 0. The van der Waals surface area contributed by atoms with Gasteiger partial charge in [-0.2, -0.15) is 13.2 Å². The van der Waals surface area contributed by atoms with Crippen molar-refractivity contribution in [3.8, 4) is 5.75 Å². The molecule has 0 radical (unpaired) electrons. The molecule has 1 atom stereocenters. The third-order valence-corrected chi connectivity index (χ3v) is 3.23. The van der Waals surface area contributed by atoms with Crippen molar-refractivity contribution in [1.29, 1.82) is 0 Å². The van der Waals surface area contributed by atoms with Crippen molar-refractivity contribution in [2.45, 2.75) is 25.7 Å². The third-order valence-electron chi connectivity index (χ3n) is 3.23. The highest BCUT2D eigenvalue weighted by Gasteiger charge is 2.37. The summed E-state index contributed by atoms with van der Waals surface area (Å²) in [5.41, 5.74) is 7.24. The minimum Gasteiger partial charge on any atom is -0.489 e. The van der Waals surface area contributed by atoms with Crippen LogP contribution in [0.25, 0.3) is 0 Å². The van der Waals surface area contributed by atoms with Crippen LogP contribution in [0.5, 0.6) is 5.75 Å². The van der Waals surface area contributed by atoms with Crippen LogP contribution in [0, 0.1) is 6.92 Å². The first-order chi connectivity index (χ1) is 9.88. The number of hydrogen-bond acceptors (Lipinski definition) is 2. The first-order valence-corrected chi connectivity index (χ1v) is 6.47. The molecule has 0 saturated carbocycles. The van der Waals surface area contributed by atoms with Crippen molar-refractivity contribution in [1.82, 2.24) is 0 Å². The fourth-order valence-corrected chi connectivity index (χ4v) is 1.92. The summed E-state index contributed by atoms with van der Waals surface area (Å²) in [6.07, 6.45) is -4.46. The van der Waals surface area contributed by atoms with E-state index in [-0.39, 0.29) is 5.56 Å². The summed E-state index contributed by atoms with van der Waals surface area (Å²) in [4.78, 5) is 0. The average molecular weight is 295 g/mol. The molecule has 0 spiro atoms. The maximum atomic E-state index is 12.6. The number of nitrogens with two attached hydrogens (primary N) is 1. The van der Waals surface area contributed by atoms with Gasteiger partial charge >= 0.3 is 6.18 Å². The molecular weight excluding hydrogens is 279 g/mol. The predicted octanol–water partition coefficient (Wildman–Crippen LogP) is 4.14. The van der Waals surface area contributed by atoms with Gasteiger partial charge in [0.1, 0.15) is 18.4 Å². The van der Waals surface area contributed by atoms with E-state index in [4.69, 9.17) is 10.5 Å². The number of ether oxygens (including phenoxy) is 1. The van der Waals surface area contributed by atoms with Crippen molar-refractivity contribution in [3.05, 3.63) is 65.2 Å². The predicted molar refractivity (Wildman–Crippen MR) is 74.9 cm³/mol. The standard InChI is InChI=1S/C16H16F3NO/c1-11-5-2-3-6-13(11)10-21-14-8-4-7-12(9-14)15(20)16(17,18)19/h2-9,15H,10,20H2,1H3/t15-/m1/s1. The molecule has 112 valence electrons. The average Bonchev–Trinajstić information content (AvgIpc) is 2.45. The minimum atomic E-state index is -4.46. The number of aryl methyl sites for hydroxylation is 1. The summed E-state index contributed by atoms with van der Waals surface area (Å²) >= 11 is 0. The summed E-state index contributed by atoms with van der Waals surface area (Å²) in [6.45, 7) is 2.26. The van der Waals surface area contributed by atoms with E-state index in [2.05, 4.69) is 0 Å². The SMILES string of the molecule is Cc1ccccc1COc1cccc([C@@H](N)C(F)(F)F)c1. The van der Waals surface area contributed by atoms with Gasteiger partial charge < -0.3 is 10.5 Å². The molecular formula is C16H16F3NO. The molecule has 2 rings (SSSR count). The van der Waals surface area contributed by atoms with E-state index < -0.39 is 12.2 Å². The molecule has 0 aliphatic rings. The fourth-order valence-electron chi connectivity index (χ4n) is 1.92. The summed E-state index contributed by atoms with van der Waals surface area (Å²) in [7, 11) is 0. The molecule has 0 unspecified atom stereocenters. The Morgan fingerprint density at radius 3 is 2.48 bits per heavy atom. The molecule has 2 aromatic carbocycles. The summed E-state index contributed by atoms with van der Waals surface area (Å²) < 4.78 is 43.4. The second kappa shape index (κ2) is 6.18. The van der Waals surface area contributed by atoms with Crippen LogP contribution < -0.4 is 10.5 Å². The van der Waals surface area contributed by atoms with Crippen LogP contribution in [0.1, 0.15) is 22.7 Å². The van der Waals surface area contributed by atoms with Gasteiger partial charge in [0.2, 0.25) is 0 Å². The third kappa shape index (κ3) is 3.98. The Bertz CT molecular complexity index is 610. The van der Waals surface area contributed by atoms with Gasteiger partial charge in [-0.25, -0.2) is 0 Å². The van der Waals surface area contributed by atoms with Gasteiger partial charge in [0.15, 0.2) is 0 Å². The van der Waals surface area contributed by atoms with Crippen molar-refractivity contribution >= 4 is 0 Å². The molecule has 0 fully saturated rings. The first kappa shape index (κ1) is 15.4. The van der Waals surface area contributed by atoms with Gasteiger partial charge in [-0.3, -0.25) is 0 Å². The van der Waals surface area contributed by atoms with Crippen LogP contribution in [-0.4, -0.2) is 6.18 Å². The molecule has 5 heteroatoms. The number of benzene rings is 2. The second-order valence-corrected chi connectivity index (χ2v) is 4.81. The zero-order valence-corrected chi connectivity index (χ0v) is 11.5. The molecule has 0 amide bonds. The van der Waals surface area contributed by atoms with E-state index in [1.165, 1.54) is 18.2 Å². The van der Waals surface area contributed by atoms with E-state index in [1.54, 1.807) is 6.07 Å². The largest absolute Gasteiger partial charge is 0.489 e. The number of hydrogen-bond donors (Lipinski definition) is 1. The van der Waals surface area contributed by atoms with Crippen LogP contribution in [0.3, 0.4) is 0 Å². The lowest BCUT2D eigenvalue weighted by Crippen LogP contribution is -2.28. The van der Waals surface area contributed by atoms with Crippen LogP contribution in [0.2, 0.25) is 0 Å². The monoisotopic (exact) mass is 295 g/mol. The molecule has 2 N–H and O–H groups in total. The highest BCUT2D eigenvalue weighted by atomic mass is 19.4. The van der Waals surface area contributed by atoms with Crippen molar-refractivity contribution in [3.63, 3.8) is 0 Å². The Labute approximate surface area is 121 Å². The maximum absolute atomic E-state index is 12.6. The maximum Gasteiger partial charge on any atom is 0.407 e. The molecule has 2 nitrogen and oxygen atoms in total. The molecule has 2 aromatic rings. The molecule has 0 aromatic heterocycles. The highest BCUT2D eigenvalue weighted by molar-refractivity contribution is 5.32. The van der Waals surface area contributed by atoms with Gasteiger partial charge in [-0.05, 0) is 35.7 Å². The lowest BCUT2D eigenvalue weighted by Gasteiger charge is -2.17. The van der Waals surface area contributed by atoms with Crippen molar-refractivity contribution < 1.29 is 17.9 Å². The van der Waals surface area contributed by atoms with Crippen molar-refractivity contribution in [2.24, 2.45) is 5.73 Å². The topological polar surface area (TPSA) is 35.2 Å². The molecule has 0 aliphatic heterocycles. The van der Waals surface area contributed by atoms with Gasteiger partial charge in [-0.1, -0.05) is 36.4 Å². The van der Waals surface area contributed by atoms with Crippen molar-refractivity contribution in [2.75, 3.05) is 0 Å². The Kier molecular flexibility index (Phi) is 4.53. The number of alkyl halides is 3. The lowest BCUT2D eigenvalue weighted by atomic mass is 10.1. The quantitative estimate of drug-likeness (QED) is 0.920. The Hall–Kier alpha value is -2.01. The Morgan fingerprint density at radius 1 is 1.10 bits per heavy atom. The normalized spacial score (nSPS) is 13.0. The minimum absolute atomic E-state index is 0.00946. The van der Waals surface area contributed by atoms with Crippen LogP contribution in [0.4, 0.5) is 13.2 Å². The molecule has 0 heterocycles. The van der Waals surface area contributed by atoms with Crippen LogP contribution in [-0.2, 0) is 6.61 Å². The van der Waals surface area contributed by atoms with E-state index in [0.29, 0.717) is 12.4 Å².